The van der Waals surface area contributed by atoms with E-state index >= 15 is 0 Å². The molecular formula is C27H31F3N4O3S. The van der Waals surface area contributed by atoms with Crippen LogP contribution in [0.1, 0.15) is 28.9 Å². The average molecular weight is 549 g/mol. The second-order valence-electron chi connectivity index (χ2n) is 8.47. The Kier molecular flexibility index (Phi) is 10.2. The minimum atomic E-state index is -4.41. The second kappa shape index (κ2) is 13.3. The fourth-order valence-electron chi connectivity index (χ4n) is 4.22. The van der Waals surface area contributed by atoms with E-state index in [1.54, 1.807) is 36.4 Å². The molecule has 1 aliphatic heterocycles. The Morgan fingerprint density at radius 2 is 1.89 bits per heavy atom. The van der Waals surface area contributed by atoms with Crippen molar-refractivity contribution in [1.29, 1.82) is 0 Å². The summed E-state index contributed by atoms with van der Waals surface area (Å²) in [5.41, 5.74) is 7.03. The molecule has 2 heterocycles. The Hall–Kier alpha value is -3.49. The van der Waals surface area contributed by atoms with E-state index in [9.17, 15) is 22.2 Å². The number of carbonyl (C=O) groups excluding carboxylic acids is 1. The number of fused-ring (bicyclic) bond motifs is 1. The predicted octanol–water partition coefficient (Wildman–Crippen LogP) is 4.39. The SMILES string of the molecule is CN.COc1cc(C=O)ccc1NCC#Cc1cc2c(NC3CCS(=O)CC3)cccc2n1CC(F)(F)F. The van der Waals surface area contributed by atoms with Crippen LogP contribution < -0.4 is 21.1 Å². The Balaban J connectivity index is 0.00000195. The van der Waals surface area contributed by atoms with Gasteiger partial charge in [0.05, 0.1) is 30.6 Å². The van der Waals surface area contributed by atoms with Gasteiger partial charge in [-0.25, -0.2) is 0 Å². The van der Waals surface area contributed by atoms with Gasteiger partial charge in [0.15, 0.2) is 0 Å². The van der Waals surface area contributed by atoms with Crippen molar-refractivity contribution in [2.75, 3.05) is 42.8 Å². The number of aldehydes is 1. The second-order valence-corrected chi connectivity index (χ2v) is 10.2. The highest BCUT2D eigenvalue weighted by molar-refractivity contribution is 7.85. The van der Waals surface area contributed by atoms with Crippen molar-refractivity contribution in [2.45, 2.75) is 31.6 Å². The van der Waals surface area contributed by atoms with Crippen LogP contribution in [0.25, 0.3) is 10.9 Å². The van der Waals surface area contributed by atoms with E-state index in [1.165, 1.54) is 18.7 Å². The molecule has 0 aliphatic carbocycles. The van der Waals surface area contributed by atoms with Crippen LogP contribution in [0.15, 0.2) is 42.5 Å². The average Bonchev–Trinajstić information content (AvgIpc) is 3.25. The molecule has 0 spiro atoms. The summed E-state index contributed by atoms with van der Waals surface area (Å²) in [6, 6.07) is 11.9. The number of nitrogens with one attached hydrogen (secondary N) is 2. The summed E-state index contributed by atoms with van der Waals surface area (Å²) >= 11 is 0. The zero-order valence-corrected chi connectivity index (χ0v) is 22.0. The van der Waals surface area contributed by atoms with E-state index in [-0.39, 0.29) is 18.3 Å². The molecule has 0 unspecified atom stereocenters. The van der Waals surface area contributed by atoms with Crippen molar-refractivity contribution >= 4 is 39.4 Å². The first-order valence-corrected chi connectivity index (χ1v) is 13.5. The topological polar surface area (TPSA) is 98.4 Å². The Morgan fingerprint density at radius 1 is 1.16 bits per heavy atom. The summed E-state index contributed by atoms with van der Waals surface area (Å²) in [5, 5.41) is 7.17. The van der Waals surface area contributed by atoms with Gasteiger partial charge in [-0.1, -0.05) is 12.0 Å². The summed E-state index contributed by atoms with van der Waals surface area (Å²) in [7, 11) is 2.18. The highest BCUT2D eigenvalue weighted by Crippen LogP contribution is 2.31. The molecular weight excluding hydrogens is 517 g/mol. The van der Waals surface area contributed by atoms with Crippen molar-refractivity contribution in [3.8, 4) is 17.6 Å². The quantitative estimate of drug-likeness (QED) is 0.299. The molecule has 0 saturated carbocycles. The summed E-state index contributed by atoms with van der Waals surface area (Å²) in [6.45, 7) is -0.991. The predicted molar refractivity (Wildman–Crippen MR) is 146 cm³/mol. The molecule has 0 radical (unpaired) electrons. The van der Waals surface area contributed by atoms with Gasteiger partial charge in [-0.3, -0.25) is 9.00 Å². The van der Waals surface area contributed by atoms with Gasteiger partial charge in [0.1, 0.15) is 18.6 Å². The Labute approximate surface area is 222 Å². The van der Waals surface area contributed by atoms with Gasteiger partial charge in [0.25, 0.3) is 0 Å². The van der Waals surface area contributed by atoms with Crippen LogP contribution in [0.4, 0.5) is 24.5 Å². The van der Waals surface area contributed by atoms with Crippen LogP contribution >= 0.6 is 0 Å². The number of carbonyl (C=O) groups is 1. The minimum Gasteiger partial charge on any atom is -0.495 e. The number of aromatic nitrogens is 1. The minimum absolute atomic E-state index is 0.124. The Morgan fingerprint density at radius 3 is 2.55 bits per heavy atom. The number of halogens is 3. The van der Waals surface area contributed by atoms with Gasteiger partial charge in [-0.15, -0.1) is 0 Å². The first-order valence-electron chi connectivity index (χ1n) is 12.0. The smallest absolute Gasteiger partial charge is 0.406 e. The van der Waals surface area contributed by atoms with Gasteiger partial charge < -0.3 is 25.7 Å². The van der Waals surface area contributed by atoms with Crippen molar-refractivity contribution in [1.82, 2.24) is 4.57 Å². The fourth-order valence-corrected chi connectivity index (χ4v) is 5.52. The van der Waals surface area contributed by atoms with Crippen LogP contribution in [0.2, 0.25) is 0 Å². The number of benzene rings is 2. The molecule has 1 fully saturated rings. The lowest BCUT2D eigenvalue weighted by Crippen LogP contribution is -2.29. The number of hydrogen-bond donors (Lipinski definition) is 3. The number of anilines is 2. The van der Waals surface area contributed by atoms with E-state index in [4.69, 9.17) is 4.74 Å². The third kappa shape index (κ3) is 7.52. The molecule has 11 heteroatoms. The zero-order valence-electron chi connectivity index (χ0n) is 21.2. The number of alkyl halides is 3. The van der Waals surface area contributed by atoms with Gasteiger partial charge in [-0.2, -0.15) is 13.2 Å². The maximum atomic E-state index is 13.4. The lowest BCUT2D eigenvalue weighted by molar-refractivity contribution is -0.140. The van der Waals surface area contributed by atoms with E-state index in [1.807, 2.05) is 6.07 Å². The van der Waals surface area contributed by atoms with E-state index < -0.39 is 23.5 Å². The number of hydrogen-bond acceptors (Lipinski definition) is 6. The number of nitrogens with zero attached hydrogens (tertiary/aromatic N) is 1. The molecule has 1 aromatic heterocycles. The maximum Gasteiger partial charge on any atom is 0.406 e. The van der Waals surface area contributed by atoms with E-state index in [0.29, 0.717) is 45.7 Å². The molecule has 4 N–H and O–H groups in total. The van der Waals surface area contributed by atoms with Crippen LogP contribution in [-0.2, 0) is 17.3 Å². The van der Waals surface area contributed by atoms with Crippen molar-refractivity contribution < 1.29 is 26.9 Å². The molecule has 4 rings (SSSR count). The van der Waals surface area contributed by atoms with Gasteiger partial charge in [0.2, 0.25) is 0 Å². The fraction of sp³-hybridized carbons (Fsp3) is 0.370. The largest absolute Gasteiger partial charge is 0.495 e. The van der Waals surface area contributed by atoms with Crippen LogP contribution in [0.5, 0.6) is 5.75 Å². The van der Waals surface area contributed by atoms with Crippen molar-refractivity contribution in [3.63, 3.8) is 0 Å². The molecule has 1 saturated heterocycles. The molecule has 2 aromatic carbocycles. The molecule has 1 aliphatic rings. The molecule has 0 amide bonds. The summed E-state index contributed by atoms with van der Waals surface area (Å²) in [6.07, 6.45) is -2.20. The highest BCUT2D eigenvalue weighted by Gasteiger charge is 2.30. The number of ether oxygens (including phenoxy) is 1. The van der Waals surface area contributed by atoms with Crippen LogP contribution in [0, 0.1) is 11.8 Å². The third-order valence-corrected chi connectivity index (χ3v) is 7.36. The zero-order chi connectivity index (χ0) is 27.7. The molecule has 204 valence electrons. The molecule has 0 bridgehead atoms. The first-order chi connectivity index (χ1) is 18.3. The molecule has 0 atom stereocenters. The van der Waals surface area contributed by atoms with Crippen LogP contribution in [0.3, 0.4) is 0 Å². The van der Waals surface area contributed by atoms with Crippen molar-refractivity contribution in [2.24, 2.45) is 5.73 Å². The first kappa shape index (κ1) is 29.1. The van der Waals surface area contributed by atoms with Crippen molar-refractivity contribution in [3.05, 3.63) is 53.7 Å². The lowest BCUT2D eigenvalue weighted by atomic mass is 10.1. The van der Waals surface area contributed by atoms with Gasteiger partial charge >= 0.3 is 6.18 Å². The monoisotopic (exact) mass is 548 g/mol. The molecule has 7 nitrogen and oxygen atoms in total. The summed E-state index contributed by atoms with van der Waals surface area (Å²) in [5.74, 6) is 7.48. The number of nitrogens with two attached hydrogens (primary N) is 1. The van der Waals surface area contributed by atoms with Gasteiger partial charge in [-0.05, 0) is 62.2 Å². The normalized spacial score (nSPS) is 17.0. The highest BCUT2D eigenvalue weighted by atomic mass is 32.2. The lowest BCUT2D eigenvalue weighted by Gasteiger charge is -2.24. The maximum absolute atomic E-state index is 13.4. The molecule has 38 heavy (non-hydrogen) atoms. The molecule has 3 aromatic rings. The standard InChI is InChI=1S/C26H26F3N3O3S.CH5N/c1-35-25-14-18(16-33)7-8-23(25)30-11-3-4-20-15-21-22(31-19-9-12-36(34)13-10-19)5-2-6-24(21)32(20)17-26(27,28)29;1-2/h2,5-8,14-16,19,30-31H,9-13,17H2,1H3;2H2,1H3. The van der Waals surface area contributed by atoms with Gasteiger partial charge in [0, 0.05) is 45.0 Å². The van der Waals surface area contributed by atoms with Crippen LogP contribution in [-0.4, -0.2) is 59.5 Å². The Bertz CT molecular complexity index is 1340. The third-order valence-electron chi connectivity index (χ3n) is 5.98. The number of rotatable bonds is 7. The summed E-state index contributed by atoms with van der Waals surface area (Å²) in [4.78, 5) is 11.0. The summed E-state index contributed by atoms with van der Waals surface area (Å²) < 4.78 is 58.4. The van der Waals surface area contributed by atoms with E-state index in [0.717, 1.165) is 18.5 Å². The van der Waals surface area contributed by atoms with E-state index in [2.05, 4.69) is 28.2 Å². The number of methoxy groups -OCH3 is 1.